The Morgan fingerprint density at radius 3 is 2.88 bits per heavy atom. The monoisotopic (exact) mass is 238 g/mol. The molecule has 1 aliphatic carbocycles. The predicted molar refractivity (Wildman–Crippen MR) is 66.2 cm³/mol. The van der Waals surface area contributed by atoms with Crippen LogP contribution >= 0.6 is 0 Å². The molecule has 3 N–H and O–H groups in total. The molecule has 0 bridgehead atoms. The lowest BCUT2D eigenvalue weighted by Crippen LogP contribution is -2.46. The van der Waals surface area contributed by atoms with Gasteiger partial charge in [-0.3, -0.25) is 16.0 Å². The number of ether oxygens (including phenoxy) is 1. The van der Waals surface area contributed by atoms with E-state index in [0.717, 1.165) is 12.8 Å². The topological polar surface area (TPSA) is 65.1 Å². The van der Waals surface area contributed by atoms with Crippen molar-refractivity contribution in [2.75, 3.05) is 7.11 Å². The zero-order chi connectivity index (χ0) is 12.3. The fourth-order valence-corrected chi connectivity index (χ4v) is 2.40. The Bertz CT molecular complexity index is 348. The van der Waals surface area contributed by atoms with Crippen molar-refractivity contribution in [3.05, 3.63) is 18.0 Å². The van der Waals surface area contributed by atoms with Crippen molar-refractivity contribution < 1.29 is 4.74 Å². The van der Waals surface area contributed by atoms with Gasteiger partial charge in [-0.05, 0) is 37.7 Å². The van der Waals surface area contributed by atoms with Crippen molar-refractivity contribution in [3.63, 3.8) is 0 Å². The van der Waals surface area contributed by atoms with Crippen molar-refractivity contribution in [1.29, 1.82) is 0 Å². The van der Waals surface area contributed by atoms with Crippen molar-refractivity contribution in [1.82, 2.24) is 15.2 Å². The molecular formula is C12H22N4O. The molecule has 1 saturated carbocycles. The molecule has 0 saturated heterocycles. The van der Waals surface area contributed by atoms with E-state index in [9.17, 15) is 0 Å². The second-order valence-corrected chi connectivity index (χ2v) is 4.80. The first-order valence-corrected chi connectivity index (χ1v) is 6.22. The average molecular weight is 238 g/mol. The molecule has 2 unspecified atom stereocenters. The number of hydrogen-bond acceptors (Lipinski definition) is 4. The predicted octanol–water partition coefficient (Wildman–Crippen LogP) is 0.610. The molecule has 0 aromatic carbocycles. The highest BCUT2D eigenvalue weighted by molar-refractivity contribution is 5.01. The molecule has 2 atom stereocenters. The van der Waals surface area contributed by atoms with Crippen molar-refractivity contribution >= 4 is 0 Å². The molecule has 17 heavy (non-hydrogen) atoms. The van der Waals surface area contributed by atoms with Crippen LogP contribution in [0.2, 0.25) is 0 Å². The van der Waals surface area contributed by atoms with E-state index >= 15 is 0 Å². The van der Waals surface area contributed by atoms with Gasteiger partial charge in [0.1, 0.15) is 0 Å². The summed E-state index contributed by atoms with van der Waals surface area (Å²) in [5.74, 6) is 6.33. The minimum atomic E-state index is 0.224. The number of rotatable bonds is 7. The minimum absolute atomic E-state index is 0.224. The lowest BCUT2D eigenvalue weighted by Gasteiger charge is -2.25. The molecule has 1 heterocycles. The van der Waals surface area contributed by atoms with E-state index in [4.69, 9.17) is 10.6 Å². The minimum Gasteiger partial charge on any atom is -0.379 e. The van der Waals surface area contributed by atoms with Gasteiger partial charge in [-0.15, -0.1) is 0 Å². The Balaban J connectivity index is 1.88. The maximum Gasteiger partial charge on any atom is 0.0765 e. The third-order valence-electron chi connectivity index (χ3n) is 3.60. The highest BCUT2D eigenvalue weighted by Gasteiger charge is 2.36. The van der Waals surface area contributed by atoms with Gasteiger partial charge in [0.2, 0.25) is 0 Å². The third-order valence-corrected chi connectivity index (χ3v) is 3.60. The molecule has 0 amide bonds. The van der Waals surface area contributed by atoms with Crippen LogP contribution < -0.4 is 11.3 Å². The molecule has 0 aliphatic heterocycles. The number of hydrogen-bond donors (Lipinski definition) is 2. The normalized spacial score (nSPS) is 19.2. The summed E-state index contributed by atoms with van der Waals surface area (Å²) in [4.78, 5) is 0. The first-order valence-electron chi connectivity index (χ1n) is 6.22. The van der Waals surface area contributed by atoms with Crippen LogP contribution in [0, 0.1) is 5.92 Å². The highest BCUT2D eigenvalue weighted by Crippen LogP contribution is 2.36. The number of nitrogens with two attached hydrogens (primary N) is 1. The molecule has 1 aromatic rings. The smallest absolute Gasteiger partial charge is 0.0765 e. The number of nitrogens with zero attached hydrogens (tertiary/aromatic N) is 2. The first-order chi connectivity index (χ1) is 8.26. The number of hydrazine groups is 1. The van der Waals surface area contributed by atoms with Gasteiger partial charge in [-0.2, -0.15) is 5.10 Å². The second-order valence-electron chi connectivity index (χ2n) is 4.80. The number of aryl methyl sites for hydroxylation is 2. The van der Waals surface area contributed by atoms with E-state index in [-0.39, 0.29) is 12.1 Å². The van der Waals surface area contributed by atoms with Crippen LogP contribution in [0.25, 0.3) is 0 Å². The Kier molecular flexibility index (Phi) is 4.15. The maximum atomic E-state index is 5.64. The van der Waals surface area contributed by atoms with E-state index in [0.29, 0.717) is 5.92 Å². The third kappa shape index (κ3) is 3.06. The number of methoxy groups -OCH3 is 1. The van der Waals surface area contributed by atoms with Gasteiger partial charge in [0.05, 0.1) is 6.10 Å². The highest BCUT2D eigenvalue weighted by atomic mass is 16.5. The lowest BCUT2D eigenvalue weighted by atomic mass is 10.0. The molecule has 1 fully saturated rings. The summed E-state index contributed by atoms with van der Waals surface area (Å²) in [6, 6.07) is 2.27. The molecule has 1 aliphatic rings. The molecule has 1 aromatic heterocycles. The summed E-state index contributed by atoms with van der Waals surface area (Å²) in [6.07, 6.45) is 6.55. The SMILES string of the molecule is COC(C1CC1)C(CCc1ccnn1C)NN. The number of nitrogens with one attached hydrogen (secondary N) is 1. The van der Waals surface area contributed by atoms with Crippen LogP contribution in [0.4, 0.5) is 0 Å². The van der Waals surface area contributed by atoms with Crippen molar-refractivity contribution in [3.8, 4) is 0 Å². The van der Waals surface area contributed by atoms with Gasteiger partial charge in [-0.25, -0.2) is 0 Å². The van der Waals surface area contributed by atoms with Gasteiger partial charge in [0.15, 0.2) is 0 Å². The van der Waals surface area contributed by atoms with Crippen LogP contribution in [0.1, 0.15) is 25.0 Å². The van der Waals surface area contributed by atoms with Crippen LogP contribution in [-0.2, 0) is 18.2 Å². The largest absolute Gasteiger partial charge is 0.379 e. The summed E-state index contributed by atoms with van der Waals surface area (Å²) in [5, 5.41) is 4.17. The molecule has 0 spiro atoms. The molecule has 2 rings (SSSR count). The Morgan fingerprint density at radius 2 is 2.41 bits per heavy atom. The standard InChI is InChI=1S/C12H22N4O/c1-16-10(7-8-14-16)5-6-11(15-13)12(17-2)9-3-4-9/h7-9,11-12,15H,3-6,13H2,1-2H3. The van der Waals surface area contributed by atoms with E-state index in [1.165, 1.54) is 18.5 Å². The van der Waals surface area contributed by atoms with E-state index < -0.39 is 0 Å². The summed E-state index contributed by atoms with van der Waals surface area (Å²) in [7, 11) is 3.74. The Morgan fingerprint density at radius 1 is 1.65 bits per heavy atom. The summed E-state index contributed by atoms with van der Waals surface area (Å²) >= 11 is 0. The lowest BCUT2D eigenvalue weighted by molar-refractivity contribution is 0.0483. The summed E-state index contributed by atoms with van der Waals surface area (Å²) < 4.78 is 7.47. The Hall–Kier alpha value is -0.910. The van der Waals surface area contributed by atoms with Crippen molar-refractivity contribution in [2.45, 2.75) is 37.8 Å². The fourth-order valence-electron chi connectivity index (χ4n) is 2.40. The Labute approximate surface area is 102 Å². The van der Waals surface area contributed by atoms with Gasteiger partial charge >= 0.3 is 0 Å². The summed E-state index contributed by atoms with van der Waals surface area (Å²) in [6.45, 7) is 0. The molecule has 0 radical (unpaired) electrons. The van der Waals surface area contributed by atoms with E-state index in [1.807, 2.05) is 24.0 Å². The van der Waals surface area contributed by atoms with Gasteiger partial charge in [-0.1, -0.05) is 0 Å². The van der Waals surface area contributed by atoms with Crippen LogP contribution in [0.15, 0.2) is 12.3 Å². The molecular weight excluding hydrogens is 216 g/mol. The maximum absolute atomic E-state index is 5.64. The second kappa shape index (κ2) is 5.62. The summed E-state index contributed by atoms with van der Waals surface area (Å²) in [5.41, 5.74) is 4.13. The molecule has 5 heteroatoms. The van der Waals surface area contributed by atoms with Crippen molar-refractivity contribution in [2.24, 2.45) is 18.8 Å². The molecule has 5 nitrogen and oxygen atoms in total. The zero-order valence-electron chi connectivity index (χ0n) is 10.6. The fraction of sp³-hybridized carbons (Fsp3) is 0.750. The van der Waals surface area contributed by atoms with Gasteiger partial charge in [0.25, 0.3) is 0 Å². The first kappa shape index (κ1) is 12.5. The average Bonchev–Trinajstić information content (AvgIpc) is 3.08. The van der Waals surface area contributed by atoms with Gasteiger partial charge < -0.3 is 4.74 Å². The van der Waals surface area contributed by atoms with Crippen LogP contribution in [-0.4, -0.2) is 29.0 Å². The zero-order valence-corrected chi connectivity index (χ0v) is 10.6. The van der Waals surface area contributed by atoms with E-state index in [1.54, 1.807) is 7.11 Å². The van der Waals surface area contributed by atoms with Crippen LogP contribution in [0.3, 0.4) is 0 Å². The van der Waals surface area contributed by atoms with E-state index in [2.05, 4.69) is 10.5 Å². The number of aromatic nitrogens is 2. The van der Waals surface area contributed by atoms with Crippen LogP contribution in [0.5, 0.6) is 0 Å². The molecule has 96 valence electrons. The van der Waals surface area contributed by atoms with Gasteiger partial charge in [0, 0.05) is 32.1 Å². The quantitative estimate of drug-likeness (QED) is 0.539.